The van der Waals surface area contributed by atoms with E-state index in [2.05, 4.69) is 15.6 Å². The van der Waals surface area contributed by atoms with Gasteiger partial charge in [-0.15, -0.1) is 0 Å². The SMILES string of the molecule is COc1cccc(Nc2ccc(NC(=O)c3ccccc3Cl)nc2)c1. The highest BCUT2D eigenvalue weighted by Crippen LogP contribution is 2.22. The number of aromatic nitrogens is 1. The highest BCUT2D eigenvalue weighted by Gasteiger charge is 2.10. The zero-order valence-corrected chi connectivity index (χ0v) is 14.2. The van der Waals surface area contributed by atoms with Crippen molar-refractivity contribution in [3.63, 3.8) is 0 Å². The molecule has 3 aromatic rings. The lowest BCUT2D eigenvalue weighted by Crippen LogP contribution is -2.13. The molecule has 0 aliphatic rings. The molecule has 1 amide bonds. The molecule has 1 aromatic heterocycles. The largest absolute Gasteiger partial charge is 0.497 e. The molecule has 2 N–H and O–H groups in total. The summed E-state index contributed by atoms with van der Waals surface area (Å²) in [4.78, 5) is 16.5. The van der Waals surface area contributed by atoms with Crippen LogP contribution in [0, 0.1) is 0 Å². The van der Waals surface area contributed by atoms with E-state index < -0.39 is 0 Å². The molecule has 0 atom stereocenters. The lowest BCUT2D eigenvalue weighted by Gasteiger charge is -2.09. The summed E-state index contributed by atoms with van der Waals surface area (Å²) in [5.74, 6) is 0.911. The van der Waals surface area contributed by atoms with Crippen molar-refractivity contribution >= 4 is 34.7 Å². The van der Waals surface area contributed by atoms with Crippen molar-refractivity contribution in [2.45, 2.75) is 0 Å². The van der Waals surface area contributed by atoms with Crippen molar-refractivity contribution in [2.75, 3.05) is 17.7 Å². The average molecular weight is 354 g/mol. The van der Waals surface area contributed by atoms with Gasteiger partial charge in [-0.3, -0.25) is 4.79 Å². The van der Waals surface area contributed by atoms with Crippen LogP contribution in [0.3, 0.4) is 0 Å². The summed E-state index contributed by atoms with van der Waals surface area (Å²) in [6.07, 6.45) is 1.64. The van der Waals surface area contributed by atoms with Gasteiger partial charge in [-0.05, 0) is 36.4 Å². The first-order valence-corrected chi connectivity index (χ1v) is 7.96. The lowest BCUT2D eigenvalue weighted by atomic mass is 10.2. The molecule has 5 nitrogen and oxygen atoms in total. The fourth-order valence-electron chi connectivity index (χ4n) is 2.24. The van der Waals surface area contributed by atoms with Crippen molar-refractivity contribution in [3.8, 4) is 5.75 Å². The summed E-state index contributed by atoms with van der Waals surface area (Å²) in [6, 6.07) is 18.0. The third kappa shape index (κ3) is 4.28. The quantitative estimate of drug-likeness (QED) is 0.695. The Kier molecular flexibility index (Phi) is 5.16. The van der Waals surface area contributed by atoms with Crippen molar-refractivity contribution < 1.29 is 9.53 Å². The molecule has 0 unspecified atom stereocenters. The number of amides is 1. The number of rotatable bonds is 5. The maximum absolute atomic E-state index is 12.2. The van der Waals surface area contributed by atoms with E-state index in [9.17, 15) is 4.79 Å². The van der Waals surface area contributed by atoms with Gasteiger partial charge in [0.25, 0.3) is 5.91 Å². The zero-order valence-electron chi connectivity index (χ0n) is 13.5. The van der Waals surface area contributed by atoms with E-state index in [-0.39, 0.29) is 5.91 Å². The minimum atomic E-state index is -0.299. The van der Waals surface area contributed by atoms with Crippen LogP contribution in [0.1, 0.15) is 10.4 Å². The number of carbonyl (C=O) groups excluding carboxylic acids is 1. The molecule has 0 saturated heterocycles. The van der Waals surface area contributed by atoms with Crippen molar-refractivity contribution in [1.82, 2.24) is 4.98 Å². The Morgan fingerprint density at radius 2 is 1.88 bits per heavy atom. The van der Waals surface area contributed by atoms with E-state index in [4.69, 9.17) is 16.3 Å². The summed E-state index contributed by atoms with van der Waals surface area (Å²) in [6.45, 7) is 0. The van der Waals surface area contributed by atoms with Crippen molar-refractivity contribution in [1.29, 1.82) is 0 Å². The van der Waals surface area contributed by atoms with Crippen LogP contribution in [0.2, 0.25) is 5.02 Å². The number of halogens is 1. The van der Waals surface area contributed by atoms with Crippen LogP contribution < -0.4 is 15.4 Å². The Morgan fingerprint density at radius 3 is 2.60 bits per heavy atom. The second-order valence-electron chi connectivity index (χ2n) is 5.22. The summed E-state index contributed by atoms with van der Waals surface area (Å²) in [5, 5.41) is 6.35. The minimum Gasteiger partial charge on any atom is -0.497 e. The summed E-state index contributed by atoms with van der Waals surface area (Å²) >= 11 is 6.02. The minimum absolute atomic E-state index is 0.299. The van der Waals surface area contributed by atoms with Gasteiger partial charge in [0.05, 0.1) is 29.6 Å². The summed E-state index contributed by atoms with van der Waals surface area (Å²) in [7, 11) is 1.62. The lowest BCUT2D eigenvalue weighted by molar-refractivity contribution is 0.102. The van der Waals surface area contributed by atoms with Crippen molar-refractivity contribution in [2.24, 2.45) is 0 Å². The van der Waals surface area contributed by atoms with Crippen LogP contribution in [0.15, 0.2) is 66.9 Å². The fourth-order valence-corrected chi connectivity index (χ4v) is 2.46. The molecule has 25 heavy (non-hydrogen) atoms. The Bertz CT molecular complexity index is 882. The van der Waals surface area contributed by atoms with Crippen LogP contribution in [0.25, 0.3) is 0 Å². The van der Waals surface area contributed by atoms with Gasteiger partial charge in [-0.1, -0.05) is 29.8 Å². The topological polar surface area (TPSA) is 63.2 Å². The molecular weight excluding hydrogens is 338 g/mol. The van der Waals surface area contributed by atoms with Crippen LogP contribution in [0.5, 0.6) is 5.75 Å². The van der Waals surface area contributed by atoms with Gasteiger partial charge in [0.1, 0.15) is 11.6 Å². The number of pyridine rings is 1. The second-order valence-corrected chi connectivity index (χ2v) is 5.63. The first kappa shape index (κ1) is 16.8. The fraction of sp³-hybridized carbons (Fsp3) is 0.0526. The van der Waals surface area contributed by atoms with Gasteiger partial charge in [-0.25, -0.2) is 4.98 Å². The van der Waals surface area contributed by atoms with E-state index in [1.54, 1.807) is 43.6 Å². The van der Waals surface area contributed by atoms with Crippen LogP contribution >= 0.6 is 11.6 Å². The van der Waals surface area contributed by atoms with Crippen LogP contribution in [-0.4, -0.2) is 18.0 Å². The van der Waals surface area contributed by atoms with E-state index in [0.717, 1.165) is 17.1 Å². The van der Waals surface area contributed by atoms with E-state index in [1.807, 2.05) is 30.3 Å². The zero-order chi connectivity index (χ0) is 17.6. The number of anilines is 3. The standard InChI is InChI=1S/C19H16ClN3O2/c1-25-15-6-4-5-13(11-15)22-14-9-10-18(21-12-14)23-19(24)16-7-2-3-8-17(16)20/h2-12,22H,1H3,(H,21,23,24). The third-order valence-corrected chi connectivity index (χ3v) is 3.81. The highest BCUT2D eigenvalue weighted by atomic mass is 35.5. The Labute approximate surface area is 150 Å². The Morgan fingerprint density at radius 1 is 1.04 bits per heavy atom. The average Bonchev–Trinajstić information content (AvgIpc) is 2.64. The molecule has 0 aliphatic carbocycles. The molecular formula is C19H16ClN3O2. The number of hydrogen-bond donors (Lipinski definition) is 2. The number of nitrogens with zero attached hydrogens (tertiary/aromatic N) is 1. The van der Waals surface area contributed by atoms with Crippen LogP contribution in [-0.2, 0) is 0 Å². The number of methoxy groups -OCH3 is 1. The predicted molar refractivity (Wildman–Crippen MR) is 99.9 cm³/mol. The molecule has 126 valence electrons. The molecule has 1 heterocycles. The number of ether oxygens (including phenoxy) is 1. The van der Waals surface area contributed by atoms with Gasteiger partial charge >= 0.3 is 0 Å². The highest BCUT2D eigenvalue weighted by molar-refractivity contribution is 6.34. The summed E-state index contributed by atoms with van der Waals surface area (Å²) in [5.41, 5.74) is 2.09. The molecule has 0 bridgehead atoms. The summed E-state index contributed by atoms with van der Waals surface area (Å²) < 4.78 is 5.19. The number of hydrogen-bond acceptors (Lipinski definition) is 4. The van der Waals surface area contributed by atoms with E-state index in [0.29, 0.717) is 16.4 Å². The molecule has 0 fully saturated rings. The Balaban J connectivity index is 1.68. The van der Waals surface area contributed by atoms with Gasteiger partial charge < -0.3 is 15.4 Å². The molecule has 0 aliphatic heterocycles. The Hall–Kier alpha value is -3.05. The normalized spacial score (nSPS) is 10.2. The molecule has 3 rings (SSSR count). The number of nitrogens with one attached hydrogen (secondary N) is 2. The van der Waals surface area contributed by atoms with Crippen molar-refractivity contribution in [3.05, 3.63) is 77.4 Å². The second kappa shape index (κ2) is 7.68. The maximum Gasteiger partial charge on any atom is 0.258 e. The maximum atomic E-state index is 12.2. The van der Waals surface area contributed by atoms with Gasteiger partial charge in [0.15, 0.2) is 0 Å². The van der Waals surface area contributed by atoms with Crippen LogP contribution in [0.4, 0.5) is 17.2 Å². The van der Waals surface area contributed by atoms with Gasteiger partial charge in [-0.2, -0.15) is 0 Å². The smallest absolute Gasteiger partial charge is 0.258 e. The monoisotopic (exact) mass is 353 g/mol. The molecule has 0 radical (unpaired) electrons. The number of carbonyl (C=O) groups is 1. The van der Waals surface area contributed by atoms with E-state index >= 15 is 0 Å². The number of benzene rings is 2. The third-order valence-electron chi connectivity index (χ3n) is 3.48. The first-order valence-electron chi connectivity index (χ1n) is 7.59. The molecule has 0 spiro atoms. The molecule has 2 aromatic carbocycles. The van der Waals surface area contributed by atoms with Gasteiger partial charge in [0.2, 0.25) is 0 Å². The first-order chi connectivity index (χ1) is 12.2. The molecule has 6 heteroatoms. The predicted octanol–water partition coefficient (Wildman–Crippen LogP) is 4.74. The van der Waals surface area contributed by atoms with E-state index in [1.165, 1.54) is 0 Å². The molecule has 0 saturated carbocycles. The van der Waals surface area contributed by atoms with Gasteiger partial charge in [0, 0.05) is 11.8 Å².